The summed E-state index contributed by atoms with van der Waals surface area (Å²) >= 11 is 0. The summed E-state index contributed by atoms with van der Waals surface area (Å²) in [5.74, 6) is 0.714. The van der Waals surface area contributed by atoms with Crippen molar-refractivity contribution in [2.75, 3.05) is 40.6 Å². The molecule has 1 fully saturated rings. The van der Waals surface area contributed by atoms with Crippen molar-refractivity contribution < 1.29 is 0 Å². The Bertz CT molecular complexity index is 728. The summed E-state index contributed by atoms with van der Waals surface area (Å²) in [6.07, 6.45) is 0. The van der Waals surface area contributed by atoms with Gasteiger partial charge in [-0.2, -0.15) is 4.98 Å². The first-order chi connectivity index (χ1) is 10.2. The van der Waals surface area contributed by atoms with Crippen LogP contribution in [0.15, 0.2) is 35.1 Å². The average Bonchev–Trinajstić information content (AvgIpc) is 2.91. The number of para-hydroxylation sites is 1. The minimum atomic E-state index is -0.190. The molecule has 7 nitrogen and oxygen atoms in total. The van der Waals surface area contributed by atoms with Crippen molar-refractivity contribution in [3.63, 3.8) is 0 Å². The zero-order valence-electron chi connectivity index (χ0n) is 11.4. The number of aromatic amines is 1. The molecule has 4 N–H and O–H groups in total. The number of anilines is 4. The maximum Gasteiger partial charge on any atom is 0.278 e. The molecule has 2 aromatic rings. The van der Waals surface area contributed by atoms with Crippen LogP contribution in [0.1, 0.15) is 0 Å². The number of fused-ring (bicyclic) bond motifs is 3. The number of aromatic nitrogens is 2. The predicted octanol–water partition coefficient (Wildman–Crippen LogP) is 0.430. The fraction of sp³-hybridized carbons (Fsp3) is 0.286. The number of hydrogen-bond acceptors (Lipinski definition) is 6. The fourth-order valence-electron chi connectivity index (χ4n) is 3.05. The van der Waals surface area contributed by atoms with Crippen molar-refractivity contribution in [1.29, 1.82) is 0 Å². The number of nitrogen functional groups attached to an aromatic ring is 1. The van der Waals surface area contributed by atoms with E-state index in [1.165, 1.54) is 0 Å². The number of nitrogens with zero attached hydrogens (tertiary/aromatic N) is 3. The van der Waals surface area contributed by atoms with Gasteiger partial charge in [0.2, 0.25) is 5.95 Å². The van der Waals surface area contributed by atoms with E-state index in [2.05, 4.69) is 37.2 Å². The molecule has 1 aromatic carbocycles. The molecule has 1 unspecified atom stereocenters. The number of nitrogens with two attached hydrogens (primary N) is 1. The van der Waals surface area contributed by atoms with Gasteiger partial charge < -0.3 is 20.9 Å². The lowest BCUT2D eigenvalue weighted by Crippen LogP contribution is -2.44. The molecule has 4 rings (SSSR count). The Kier molecular flexibility index (Phi) is 2.53. The van der Waals surface area contributed by atoms with Gasteiger partial charge in [0.1, 0.15) is 5.69 Å². The molecule has 3 heterocycles. The minimum absolute atomic E-state index is 0.142. The zero-order valence-corrected chi connectivity index (χ0v) is 11.4. The molecular weight excluding hydrogens is 268 g/mol. The van der Waals surface area contributed by atoms with Gasteiger partial charge in [-0.25, -0.2) is 0 Å². The first kappa shape index (κ1) is 12.1. The van der Waals surface area contributed by atoms with Crippen molar-refractivity contribution >= 4 is 23.1 Å². The largest absolute Gasteiger partial charge is 0.369 e. The Morgan fingerprint density at radius 3 is 2.90 bits per heavy atom. The van der Waals surface area contributed by atoms with Gasteiger partial charge in [0.25, 0.3) is 5.56 Å². The van der Waals surface area contributed by atoms with Crippen LogP contribution in [-0.4, -0.2) is 35.8 Å². The molecule has 0 saturated carbocycles. The molecule has 2 aliphatic rings. The molecule has 0 radical (unpaired) electrons. The number of hydrogen-bond donors (Lipinski definition) is 3. The third kappa shape index (κ3) is 1.89. The quantitative estimate of drug-likeness (QED) is 0.703. The van der Waals surface area contributed by atoms with Gasteiger partial charge in [-0.15, -0.1) is 0 Å². The van der Waals surface area contributed by atoms with Gasteiger partial charge in [-0.1, -0.05) is 18.2 Å². The third-order valence-electron chi connectivity index (χ3n) is 4.02. The van der Waals surface area contributed by atoms with Crippen molar-refractivity contribution in [3.8, 4) is 0 Å². The molecule has 1 saturated heterocycles. The second-order valence-electron chi connectivity index (χ2n) is 5.35. The molecule has 1 atom stereocenters. The second-order valence-corrected chi connectivity index (χ2v) is 5.35. The van der Waals surface area contributed by atoms with Crippen LogP contribution in [0.5, 0.6) is 0 Å². The van der Waals surface area contributed by atoms with Crippen LogP contribution < -0.4 is 26.4 Å². The van der Waals surface area contributed by atoms with Gasteiger partial charge in [0.15, 0.2) is 5.82 Å². The van der Waals surface area contributed by atoms with Crippen LogP contribution in [-0.2, 0) is 0 Å². The lowest BCUT2D eigenvalue weighted by Gasteiger charge is -2.31. The van der Waals surface area contributed by atoms with E-state index in [4.69, 9.17) is 5.73 Å². The third-order valence-corrected chi connectivity index (χ3v) is 4.02. The predicted molar refractivity (Wildman–Crippen MR) is 82.7 cm³/mol. The van der Waals surface area contributed by atoms with Gasteiger partial charge in [0.05, 0.1) is 12.7 Å². The standard InChI is InChI=1S/C14H16N6O/c15-14-17-12-11(13(21)18-14)20-8-19(7-10(20)6-16-12)9-4-2-1-3-5-9/h1-5,10H,6-8H2,(H4,15,16,17,18,21). The Morgan fingerprint density at radius 2 is 2.10 bits per heavy atom. The Morgan fingerprint density at radius 1 is 1.29 bits per heavy atom. The number of H-pyrrole nitrogens is 1. The van der Waals surface area contributed by atoms with Gasteiger partial charge >= 0.3 is 0 Å². The highest BCUT2D eigenvalue weighted by Gasteiger charge is 2.37. The monoisotopic (exact) mass is 284 g/mol. The van der Waals surface area contributed by atoms with Gasteiger partial charge in [0, 0.05) is 18.8 Å². The summed E-state index contributed by atoms with van der Waals surface area (Å²) in [5, 5.41) is 3.21. The summed E-state index contributed by atoms with van der Waals surface area (Å²) in [7, 11) is 0. The van der Waals surface area contributed by atoms with Gasteiger partial charge in [-0.05, 0) is 12.1 Å². The molecule has 108 valence electrons. The summed E-state index contributed by atoms with van der Waals surface area (Å²) in [6.45, 7) is 2.31. The topological polar surface area (TPSA) is 90.3 Å². The van der Waals surface area contributed by atoms with E-state index in [0.29, 0.717) is 18.2 Å². The van der Waals surface area contributed by atoms with E-state index in [1.807, 2.05) is 18.2 Å². The van der Waals surface area contributed by atoms with Crippen LogP contribution in [0, 0.1) is 0 Å². The SMILES string of the molecule is Nc1nc2c(c(=O)[nH]1)N1CN(c3ccccc3)CC1CN2. The molecule has 0 amide bonds. The van der Waals surface area contributed by atoms with Crippen LogP contribution in [0.4, 0.5) is 23.1 Å². The number of rotatable bonds is 1. The molecule has 0 aliphatic carbocycles. The highest BCUT2D eigenvalue weighted by Crippen LogP contribution is 2.32. The van der Waals surface area contributed by atoms with Crippen molar-refractivity contribution in [2.24, 2.45) is 0 Å². The molecule has 1 aromatic heterocycles. The second kappa shape index (κ2) is 4.41. The molecule has 21 heavy (non-hydrogen) atoms. The smallest absolute Gasteiger partial charge is 0.278 e. The first-order valence-electron chi connectivity index (χ1n) is 6.92. The lowest BCUT2D eigenvalue weighted by molar-refractivity contribution is 0.707. The average molecular weight is 284 g/mol. The van der Waals surface area contributed by atoms with Crippen LogP contribution in [0.25, 0.3) is 0 Å². The van der Waals surface area contributed by atoms with E-state index >= 15 is 0 Å². The number of benzene rings is 1. The van der Waals surface area contributed by atoms with Crippen molar-refractivity contribution in [3.05, 3.63) is 40.7 Å². The summed E-state index contributed by atoms with van der Waals surface area (Å²) in [5.41, 5.74) is 7.16. The fourth-order valence-corrected chi connectivity index (χ4v) is 3.05. The summed E-state index contributed by atoms with van der Waals surface area (Å²) in [4.78, 5) is 23.3. The van der Waals surface area contributed by atoms with Crippen molar-refractivity contribution in [2.45, 2.75) is 6.04 Å². The zero-order chi connectivity index (χ0) is 14.4. The van der Waals surface area contributed by atoms with E-state index in [0.717, 1.165) is 18.8 Å². The lowest BCUT2D eigenvalue weighted by atomic mass is 10.2. The molecule has 0 bridgehead atoms. The molecule has 0 spiro atoms. The number of nitrogens with one attached hydrogen (secondary N) is 2. The minimum Gasteiger partial charge on any atom is -0.369 e. The van der Waals surface area contributed by atoms with E-state index in [1.54, 1.807) is 0 Å². The van der Waals surface area contributed by atoms with Crippen molar-refractivity contribution in [1.82, 2.24) is 9.97 Å². The normalized spacial score (nSPS) is 19.9. The van der Waals surface area contributed by atoms with Crippen LogP contribution in [0.2, 0.25) is 0 Å². The van der Waals surface area contributed by atoms with Crippen LogP contribution >= 0.6 is 0 Å². The summed E-state index contributed by atoms with van der Waals surface area (Å²) in [6, 6.07) is 10.5. The Hall–Kier alpha value is -2.70. The summed E-state index contributed by atoms with van der Waals surface area (Å²) < 4.78 is 0. The molecule has 7 heteroatoms. The molecule has 2 aliphatic heterocycles. The highest BCUT2D eigenvalue weighted by atomic mass is 16.1. The van der Waals surface area contributed by atoms with E-state index in [9.17, 15) is 4.79 Å². The van der Waals surface area contributed by atoms with Gasteiger partial charge in [-0.3, -0.25) is 9.78 Å². The Balaban J connectivity index is 1.71. The maximum atomic E-state index is 12.2. The highest BCUT2D eigenvalue weighted by molar-refractivity contribution is 5.71. The van der Waals surface area contributed by atoms with Crippen LogP contribution in [0.3, 0.4) is 0 Å². The first-order valence-corrected chi connectivity index (χ1v) is 6.92. The molecular formula is C14H16N6O. The van der Waals surface area contributed by atoms with E-state index in [-0.39, 0.29) is 17.5 Å². The maximum absolute atomic E-state index is 12.2. The Labute approximate surface area is 121 Å². The van der Waals surface area contributed by atoms with E-state index < -0.39 is 0 Å².